The molecule has 0 aliphatic carbocycles. The first kappa shape index (κ1) is 17.5. The third-order valence-corrected chi connectivity index (χ3v) is 5.25. The van der Waals surface area contributed by atoms with Crippen LogP contribution in [0.15, 0.2) is 89.8 Å². The summed E-state index contributed by atoms with van der Waals surface area (Å²) in [5.41, 5.74) is 1.67. The number of rotatable bonds is 4. The predicted octanol–water partition coefficient (Wildman–Crippen LogP) is 5.88. The molecule has 0 aromatic heterocycles. The third kappa shape index (κ3) is 3.94. The van der Waals surface area contributed by atoms with Crippen LogP contribution in [0.4, 0.5) is 5.69 Å². The second-order valence-electron chi connectivity index (χ2n) is 5.84. The molecule has 3 aromatic carbocycles. The first-order chi connectivity index (χ1) is 13.2. The van der Waals surface area contributed by atoms with Gasteiger partial charge < -0.3 is 4.74 Å². The lowest BCUT2D eigenvalue weighted by atomic mass is 10.2. The Hall–Kier alpha value is -2.89. The Morgan fingerprint density at radius 2 is 1.52 bits per heavy atom. The van der Waals surface area contributed by atoms with Crippen LogP contribution in [0.3, 0.4) is 0 Å². The number of carbonyl (C=O) groups is 1. The van der Waals surface area contributed by atoms with E-state index >= 15 is 0 Å². The number of benzene rings is 3. The summed E-state index contributed by atoms with van der Waals surface area (Å²) >= 11 is 6.72. The summed E-state index contributed by atoms with van der Waals surface area (Å²) in [6.45, 7) is 0. The van der Waals surface area contributed by atoms with Crippen molar-refractivity contribution in [3.63, 3.8) is 0 Å². The molecule has 0 unspecified atom stereocenters. The normalized spacial score (nSPS) is 15.4. The molecule has 3 nitrogen and oxygen atoms in total. The number of thioether (sulfide) groups is 1. The zero-order valence-corrected chi connectivity index (χ0v) is 15.9. The summed E-state index contributed by atoms with van der Waals surface area (Å²) in [6, 6.07) is 26.7. The minimum Gasteiger partial charge on any atom is -0.457 e. The molecule has 1 heterocycles. The molecule has 3 aromatic rings. The molecule has 0 atom stereocenters. The van der Waals surface area contributed by atoms with E-state index in [9.17, 15) is 4.79 Å². The Morgan fingerprint density at radius 3 is 2.26 bits per heavy atom. The van der Waals surface area contributed by atoms with Crippen LogP contribution < -0.4 is 9.64 Å². The van der Waals surface area contributed by atoms with Crippen molar-refractivity contribution in [2.45, 2.75) is 0 Å². The maximum absolute atomic E-state index is 12.8. The minimum atomic E-state index is -0.106. The number of thiocarbonyl (C=S) groups is 1. The first-order valence-corrected chi connectivity index (χ1v) is 9.59. The van der Waals surface area contributed by atoms with Gasteiger partial charge in [-0.25, -0.2) is 0 Å². The fraction of sp³-hybridized carbons (Fsp3) is 0. The van der Waals surface area contributed by atoms with Gasteiger partial charge in [0.15, 0.2) is 4.32 Å². The second kappa shape index (κ2) is 7.78. The molecule has 132 valence electrons. The highest BCUT2D eigenvalue weighted by atomic mass is 32.2. The van der Waals surface area contributed by atoms with E-state index in [1.165, 1.54) is 11.8 Å². The molecular formula is C22H15NO2S2. The Bertz CT molecular complexity index is 1020. The summed E-state index contributed by atoms with van der Waals surface area (Å²) in [5, 5.41) is 0. The summed E-state index contributed by atoms with van der Waals surface area (Å²) in [6.07, 6.45) is 1.85. The van der Waals surface area contributed by atoms with Gasteiger partial charge in [-0.05, 0) is 48.0 Å². The Balaban J connectivity index is 1.58. The Morgan fingerprint density at radius 1 is 0.852 bits per heavy atom. The number of hydrogen-bond donors (Lipinski definition) is 0. The number of anilines is 1. The van der Waals surface area contributed by atoms with Crippen molar-refractivity contribution in [3.8, 4) is 11.5 Å². The molecule has 1 aliphatic heterocycles. The van der Waals surface area contributed by atoms with Crippen molar-refractivity contribution < 1.29 is 9.53 Å². The van der Waals surface area contributed by atoms with E-state index in [-0.39, 0.29) is 5.91 Å². The van der Waals surface area contributed by atoms with Gasteiger partial charge >= 0.3 is 0 Å². The van der Waals surface area contributed by atoms with Crippen LogP contribution in [-0.4, -0.2) is 10.2 Å². The predicted molar refractivity (Wildman–Crippen MR) is 115 cm³/mol. The fourth-order valence-electron chi connectivity index (χ4n) is 2.71. The van der Waals surface area contributed by atoms with E-state index in [1.807, 2.05) is 91.0 Å². The maximum atomic E-state index is 12.8. The third-order valence-electron chi connectivity index (χ3n) is 3.94. The number of hydrogen-bond acceptors (Lipinski definition) is 4. The van der Waals surface area contributed by atoms with Gasteiger partial charge in [0.25, 0.3) is 5.91 Å². The van der Waals surface area contributed by atoms with Gasteiger partial charge in [-0.3, -0.25) is 9.69 Å². The molecule has 0 spiro atoms. The first-order valence-electron chi connectivity index (χ1n) is 8.37. The highest BCUT2D eigenvalue weighted by molar-refractivity contribution is 8.27. The van der Waals surface area contributed by atoms with E-state index in [0.717, 1.165) is 17.0 Å². The number of amides is 1. The Labute approximate surface area is 167 Å². The summed E-state index contributed by atoms with van der Waals surface area (Å²) in [7, 11) is 0. The van der Waals surface area contributed by atoms with Gasteiger partial charge in [0, 0.05) is 0 Å². The number of ether oxygens (including phenoxy) is 1. The monoisotopic (exact) mass is 389 g/mol. The molecule has 0 saturated carbocycles. The van der Waals surface area contributed by atoms with E-state index in [2.05, 4.69) is 0 Å². The lowest BCUT2D eigenvalue weighted by molar-refractivity contribution is -0.113. The van der Waals surface area contributed by atoms with Crippen LogP contribution in [0.1, 0.15) is 5.56 Å². The molecule has 1 fully saturated rings. The van der Waals surface area contributed by atoms with Gasteiger partial charge in [0.05, 0.1) is 10.6 Å². The van der Waals surface area contributed by atoms with Gasteiger partial charge in [0.1, 0.15) is 11.5 Å². The lowest BCUT2D eigenvalue weighted by Crippen LogP contribution is -2.27. The number of nitrogens with zero attached hydrogens (tertiary/aromatic N) is 1. The van der Waals surface area contributed by atoms with Gasteiger partial charge in [0.2, 0.25) is 0 Å². The van der Waals surface area contributed by atoms with Crippen LogP contribution in [0.5, 0.6) is 11.5 Å². The minimum absolute atomic E-state index is 0.106. The molecule has 1 saturated heterocycles. The van der Waals surface area contributed by atoms with E-state index in [0.29, 0.717) is 15.0 Å². The van der Waals surface area contributed by atoms with Crippen LogP contribution in [-0.2, 0) is 4.79 Å². The van der Waals surface area contributed by atoms with Crippen molar-refractivity contribution in [1.82, 2.24) is 0 Å². The molecule has 0 radical (unpaired) electrons. The van der Waals surface area contributed by atoms with Crippen molar-refractivity contribution in [2.24, 2.45) is 0 Å². The number of carbonyl (C=O) groups excluding carboxylic acids is 1. The van der Waals surface area contributed by atoms with Crippen molar-refractivity contribution in [3.05, 3.63) is 95.4 Å². The van der Waals surface area contributed by atoms with Gasteiger partial charge in [-0.15, -0.1) is 0 Å². The molecule has 0 N–H and O–H groups in total. The molecule has 4 rings (SSSR count). The van der Waals surface area contributed by atoms with Crippen molar-refractivity contribution >= 4 is 46.0 Å². The van der Waals surface area contributed by atoms with Crippen LogP contribution in [0, 0.1) is 0 Å². The van der Waals surface area contributed by atoms with E-state index in [4.69, 9.17) is 17.0 Å². The standard InChI is InChI=1S/C22H15NO2S2/c24-21-20(27-22(26)23(21)17-9-3-1-4-10-17)15-16-8-7-13-19(14-16)25-18-11-5-2-6-12-18/h1-15H. The van der Waals surface area contributed by atoms with Gasteiger partial charge in [-0.1, -0.05) is 72.5 Å². The quantitative estimate of drug-likeness (QED) is 0.411. The molecular weight excluding hydrogens is 374 g/mol. The zero-order valence-electron chi connectivity index (χ0n) is 14.2. The topological polar surface area (TPSA) is 29.5 Å². The Kier molecular flexibility index (Phi) is 5.05. The van der Waals surface area contributed by atoms with E-state index < -0.39 is 0 Å². The molecule has 5 heteroatoms. The molecule has 1 aliphatic rings. The van der Waals surface area contributed by atoms with Gasteiger partial charge in [-0.2, -0.15) is 0 Å². The summed E-state index contributed by atoms with van der Waals surface area (Å²) in [4.78, 5) is 15.0. The fourth-order valence-corrected chi connectivity index (χ4v) is 4.01. The van der Waals surface area contributed by atoms with Crippen molar-refractivity contribution in [1.29, 1.82) is 0 Å². The largest absolute Gasteiger partial charge is 0.457 e. The smallest absolute Gasteiger partial charge is 0.270 e. The highest BCUT2D eigenvalue weighted by Crippen LogP contribution is 2.36. The highest BCUT2D eigenvalue weighted by Gasteiger charge is 2.33. The molecule has 1 amide bonds. The molecule has 0 bridgehead atoms. The summed E-state index contributed by atoms with van der Waals surface area (Å²) in [5.74, 6) is 1.38. The zero-order chi connectivity index (χ0) is 18.6. The molecule has 27 heavy (non-hydrogen) atoms. The van der Waals surface area contributed by atoms with Crippen molar-refractivity contribution in [2.75, 3.05) is 4.90 Å². The van der Waals surface area contributed by atoms with Crippen LogP contribution >= 0.6 is 24.0 Å². The van der Waals surface area contributed by atoms with Crippen LogP contribution in [0.25, 0.3) is 6.08 Å². The number of para-hydroxylation sites is 2. The summed E-state index contributed by atoms with van der Waals surface area (Å²) < 4.78 is 6.40. The average molecular weight is 390 g/mol. The lowest BCUT2D eigenvalue weighted by Gasteiger charge is -2.13. The second-order valence-corrected chi connectivity index (χ2v) is 7.52. The maximum Gasteiger partial charge on any atom is 0.270 e. The van der Waals surface area contributed by atoms with Crippen LogP contribution in [0.2, 0.25) is 0 Å². The van der Waals surface area contributed by atoms with E-state index in [1.54, 1.807) is 4.90 Å². The SMILES string of the molecule is O=C1C(=Cc2cccc(Oc3ccccc3)c2)SC(=S)N1c1ccccc1. The average Bonchev–Trinajstić information content (AvgIpc) is 2.97.